The van der Waals surface area contributed by atoms with Gasteiger partial charge in [0, 0.05) is 12.3 Å². The van der Waals surface area contributed by atoms with Gasteiger partial charge in [0.1, 0.15) is 5.56 Å². The molecule has 0 aliphatic carbocycles. The number of nitro groups is 1. The van der Waals surface area contributed by atoms with E-state index in [1.807, 2.05) is 0 Å². The van der Waals surface area contributed by atoms with Gasteiger partial charge in [-0.15, -0.1) is 0 Å². The Morgan fingerprint density at radius 3 is 2.70 bits per heavy atom. The lowest BCUT2D eigenvalue weighted by Gasteiger charge is -2.07. The molecule has 2 rings (SSSR count). The molecule has 9 heteroatoms. The summed E-state index contributed by atoms with van der Waals surface area (Å²) < 4.78 is 4.77. The van der Waals surface area contributed by atoms with Gasteiger partial charge < -0.3 is 10.1 Å². The molecule has 0 spiro atoms. The van der Waals surface area contributed by atoms with Crippen molar-refractivity contribution in [3.05, 3.63) is 63.4 Å². The first-order valence-electron chi connectivity index (χ1n) is 6.30. The molecule has 23 heavy (non-hydrogen) atoms. The number of anilines is 1. The number of para-hydroxylation sites is 1. The molecule has 0 unspecified atom stereocenters. The number of halogens is 1. The molecule has 0 aliphatic heterocycles. The number of nitrogens with zero attached hydrogens (tertiary/aromatic N) is 2. The van der Waals surface area contributed by atoms with Crippen LogP contribution in [0, 0.1) is 10.1 Å². The number of nitrogens with one attached hydrogen (secondary N) is 1. The van der Waals surface area contributed by atoms with Crippen LogP contribution < -0.4 is 5.32 Å². The Morgan fingerprint density at radius 1 is 1.26 bits per heavy atom. The number of amides is 1. The first kappa shape index (κ1) is 16.4. The number of pyridine rings is 1. The summed E-state index contributed by atoms with van der Waals surface area (Å²) in [5.41, 5.74) is -0.362. The molecule has 0 saturated heterocycles. The zero-order chi connectivity index (χ0) is 16.8. The van der Waals surface area contributed by atoms with E-state index >= 15 is 0 Å². The van der Waals surface area contributed by atoms with Gasteiger partial charge in [0.2, 0.25) is 0 Å². The first-order valence-corrected chi connectivity index (χ1v) is 6.67. The largest absolute Gasteiger partial charge is 0.452 e. The highest BCUT2D eigenvalue weighted by atomic mass is 35.5. The van der Waals surface area contributed by atoms with E-state index in [4.69, 9.17) is 16.3 Å². The predicted octanol–water partition coefficient (Wildman–Crippen LogP) is 2.44. The number of hydrogen-bond acceptors (Lipinski definition) is 6. The predicted molar refractivity (Wildman–Crippen MR) is 81.3 cm³/mol. The minimum Gasteiger partial charge on any atom is -0.452 e. The zero-order valence-corrected chi connectivity index (χ0v) is 12.3. The summed E-state index contributed by atoms with van der Waals surface area (Å²) in [6.07, 6.45) is 1.45. The number of rotatable bonds is 5. The van der Waals surface area contributed by atoms with Gasteiger partial charge in [0.05, 0.1) is 10.6 Å². The summed E-state index contributed by atoms with van der Waals surface area (Å²) in [6, 6.07) is 8.39. The highest BCUT2D eigenvalue weighted by Gasteiger charge is 2.21. The number of aromatic nitrogens is 1. The molecule has 0 saturated carbocycles. The van der Waals surface area contributed by atoms with Crippen LogP contribution in [0.25, 0.3) is 0 Å². The number of carbonyl (C=O) groups is 2. The number of benzene rings is 1. The SMILES string of the molecule is O=C(COC(=O)c1ccccc1[N+](=O)[O-])Nc1cccnc1Cl. The van der Waals surface area contributed by atoms with E-state index in [0.29, 0.717) is 0 Å². The minimum absolute atomic E-state index is 0.0888. The summed E-state index contributed by atoms with van der Waals surface area (Å²) in [5, 5.41) is 13.3. The van der Waals surface area contributed by atoms with Gasteiger partial charge >= 0.3 is 5.97 Å². The Kier molecular flexibility index (Phi) is 5.21. The number of nitro benzene ring substituents is 1. The van der Waals surface area contributed by atoms with Gasteiger partial charge in [-0.3, -0.25) is 14.9 Å². The summed E-state index contributed by atoms with van der Waals surface area (Å²) in [6.45, 7) is -0.615. The molecular formula is C14H10ClN3O5. The van der Waals surface area contributed by atoms with Gasteiger partial charge in [-0.1, -0.05) is 23.7 Å². The van der Waals surface area contributed by atoms with Crippen LogP contribution in [-0.4, -0.2) is 28.4 Å². The number of esters is 1. The fourth-order valence-corrected chi connectivity index (χ4v) is 1.85. The van der Waals surface area contributed by atoms with Gasteiger partial charge in [-0.2, -0.15) is 0 Å². The maximum Gasteiger partial charge on any atom is 0.345 e. The number of hydrogen-bond donors (Lipinski definition) is 1. The summed E-state index contributed by atoms with van der Waals surface area (Å²) in [7, 11) is 0. The number of carbonyl (C=O) groups excluding carboxylic acids is 2. The molecule has 0 aliphatic rings. The van der Waals surface area contributed by atoms with Crippen LogP contribution in [0.2, 0.25) is 5.15 Å². The van der Waals surface area contributed by atoms with E-state index in [-0.39, 0.29) is 16.4 Å². The Bertz CT molecular complexity index is 766. The molecule has 0 bridgehead atoms. The average Bonchev–Trinajstić information content (AvgIpc) is 2.54. The topological polar surface area (TPSA) is 111 Å². The molecule has 0 radical (unpaired) electrons. The molecule has 1 aromatic heterocycles. The van der Waals surface area contributed by atoms with Crippen molar-refractivity contribution >= 4 is 34.9 Å². The standard InChI is InChI=1S/C14H10ClN3O5/c15-13-10(5-3-7-16-13)17-12(19)8-23-14(20)9-4-1-2-6-11(9)18(21)22/h1-7H,8H2,(H,17,19). The molecule has 2 aromatic rings. The molecule has 1 heterocycles. The Balaban J connectivity index is 1.98. The smallest absolute Gasteiger partial charge is 0.345 e. The van der Waals surface area contributed by atoms with Gasteiger partial charge in [-0.05, 0) is 18.2 Å². The fourth-order valence-electron chi connectivity index (χ4n) is 1.68. The lowest BCUT2D eigenvalue weighted by molar-refractivity contribution is -0.385. The Labute approximate surface area is 135 Å². The Hall–Kier alpha value is -3.00. The van der Waals surface area contributed by atoms with Crippen molar-refractivity contribution < 1.29 is 19.2 Å². The normalized spacial score (nSPS) is 9.96. The lowest BCUT2D eigenvalue weighted by Crippen LogP contribution is -2.21. The molecule has 0 atom stereocenters. The van der Waals surface area contributed by atoms with Crippen LogP contribution in [0.15, 0.2) is 42.6 Å². The second-order valence-electron chi connectivity index (χ2n) is 4.24. The van der Waals surface area contributed by atoms with Gasteiger partial charge in [-0.25, -0.2) is 9.78 Å². The minimum atomic E-state index is -0.968. The van der Waals surface area contributed by atoms with Crippen LogP contribution >= 0.6 is 11.6 Å². The zero-order valence-electron chi connectivity index (χ0n) is 11.6. The van der Waals surface area contributed by atoms with Crippen molar-refractivity contribution in [2.75, 3.05) is 11.9 Å². The van der Waals surface area contributed by atoms with Crippen LogP contribution in [0.4, 0.5) is 11.4 Å². The van der Waals surface area contributed by atoms with E-state index in [0.717, 1.165) is 0 Å². The maximum absolute atomic E-state index is 11.8. The second kappa shape index (κ2) is 7.32. The van der Waals surface area contributed by atoms with Crippen molar-refractivity contribution in [1.82, 2.24) is 4.98 Å². The molecule has 0 fully saturated rings. The summed E-state index contributed by atoms with van der Waals surface area (Å²) in [5.74, 6) is -1.61. The third-order valence-corrected chi connectivity index (χ3v) is 2.99. The van der Waals surface area contributed by atoms with E-state index in [1.165, 1.54) is 36.5 Å². The lowest BCUT2D eigenvalue weighted by atomic mass is 10.2. The van der Waals surface area contributed by atoms with E-state index in [9.17, 15) is 19.7 Å². The summed E-state index contributed by atoms with van der Waals surface area (Å²) in [4.78, 5) is 37.5. The van der Waals surface area contributed by atoms with Crippen molar-refractivity contribution in [2.24, 2.45) is 0 Å². The van der Waals surface area contributed by atoms with Gasteiger partial charge in [0.25, 0.3) is 11.6 Å². The van der Waals surface area contributed by atoms with E-state index in [1.54, 1.807) is 6.07 Å². The maximum atomic E-state index is 11.8. The molecular weight excluding hydrogens is 326 g/mol. The third kappa shape index (κ3) is 4.24. The average molecular weight is 336 g/mol. The highest BCUT2D eigenvalue weighted by molar-refractivity contribution is 6.32. The van der Waals surface area contributed by atoms with Crippen LogP contribution in [0.5, 0.6) is 0 Å². The fraction of sp³-hybridized carbons (Fsp3) is 0.0714. The highest BCUT2D eigenvalue weighted by Crippen LogP contribution is 2.19. The van der Waals surface area contributed by atoms with Crippen molar-refractivity contribution in [2.45, 2.75) is 0 Å². The Morgan fingerprint density at radius 2 is 2.00 bits per heavy atom. The third-order valence-electron chi connectivity index (χ3n) is 2.69. The molecule has 8 nitrogen and oxygen atoms in total. The first-order chi connectivity index (χ1) is 11.0. The second-order valence-corrected chi connectivity index (χ2v) is 4.60. The van der Waals surface area contributed by atoms with Crippen molar-refractivity contribution in [3.63, 3.8) is 0 Å². The van der Waals surface area contributed by atoms with Crippen LogP contribution in [0.3, 0.4) is 0 Å². The molecule has 1 aromatic carbocycles. The van der Waals surface area contributed by atoms with Gasteiger partial charge in [0.15, 0.2) is 11.8 Å². The quantitative estimate of drug-likeness (QED) is 0.389. The number of ether oxygens (including phenoxy) is 1. The van der Waals surface area contributed by atoms with E-state index < -0.39 is 29.1 Å². The van der Waals surface area contributed by atoms with Crippen LogP contribution in [-0.2, 0) is 9.53 Å². The molecule has 118 valence electrons. The molecule has 1 amide bonds. The van der Waals surface area contributed by atoms with E-state index in [2.05, 4.69) is 10.3 Å². The van der Waals surface area contributed by atoms with Crippen molar-refractivity contribution in [1.29, 1.82) is 0 Å². The van der Waals surface area contributed by atoms with Crippen molar-refractivity contribution in [3.8, 4) is 0 Å². The molecule has 1 N–H and O–H groups in total. The monoisotopic (exact) mass is 335 g/mol. The van der Waals surface area contributed by atoms with Crippen LogP contribution in [0.1, 0.15) is 10.4 Å². The summed E-state index contributed by atoms with van der Waals surface area (Å²) >= 11 is 5.77.